The maximum atomic E-state index is 13.4. The molecule has 1 nitrogen and oxygen atoms in total. The van der Waals surface area contributed by atoms with E-state index in [1.165, 1.54) is 18.9 Å². The van der Waals surface area contributed by atoms with Crippen molar-refractivity contribution >= 4 is 11.6 Å². The van der Waals surface area contributed by atoms with Crippen LogP contribution in [0.4, 0.5) is 4.39 Å². The maximum absolute atomic E-state index is 13.4. The average molecular weight is 242 g/mol. The van der Waals surface area contributed by atoms with Gasteiger partial charge in [-0.05, 0) is 43.0 Å². The number of hydrogen-bond donors (Lipinski definition) is 1. The van der Waals surface area contributed by atoms with Gasteiger partial charge in [-0.3, -0.25) is 0 Å². The molecular weight excluding hydrogens is 225 g/mol. The first kappa shape index (κ1) is 11.9. The molecule has 2 rings (SSSR count). The van der Waals surface area contributed by atoms with Crippen LogP contribution in [0.1, 0.15) is 36.8 Å². The number of rotatable bonds is 2. The molecule has 2 N–H and O–H groups in total. The molecule has 1 saturated carbocycles. The van der Waals surface area contributed by atoms with Gasteiger partial charge >= 0.3 is 0 Å². The highest BCUT2D eigenvalue weighted by Crippen LogP contribution is 2.43. The Bertz CT molecular complexity index is 397. The van der Waals surface area contributed by atoms with E-state index < -0.39 is 0 Å². The molecule has 0 heterocycles. The molecule has 0 amide bonds. The lowest BCUT2D eigenvalue weighted by Crippen LogP contribution is -2.33. The molecule has 0 saturated heterocycles. The maximum Gasteiger partial charge on any atom is 0.125 e. The van der Waals surface area contributed by atoms with E-state index in [9.17, 15) is 4.39 Å². The Morgan fingerprint density at radius 1 is 1.38 bits per heavy atom. The van der Waals surface area contributed by atoms with Crippen molar-refractivity contribution < 1.29 is 4.39 Å². The lowest BCUT2D eigenvalue weighted by molar-refractivity contribution is 0.447. The largest absolute Gasteiger partial charge is 0.330 e. The molecule has 1 aliphatic carbocycles. The van der Waals surface area contributed by atoms with Gasteiger partial charge < -0.3 is 5.73 Å². The lowest BCUT2D eigenvalue weighted by Gasteiger charge is -2.30. The molecule has 3 heteroatoms. The second kappa shape index (κ2) is 4.34. The minimum atomic E-state index is -0.259. The summed E-state index contributed by atoms with van der Waals surface area (Å²) in [5.74, 6) is -0.259. The normalized spacial score (nSPS) is 19.0. The molecule has 0 atom stereocenters. The summed E-state index contributed by atoms with van der Waals surface area (Å²) in [6.07, 6.45) is 4.43. The molecule has 1 fully saturated rings. The van der Waals surface area contributed by atoms with E-state index in [1.807, 2.05) is 6.92 Å². The van der Waals surface area contributed by atoms with E-state index in [2.05, 4.69) is 0 Å². The molecule has 16 heavy (non-hydrogen) atoms. The molecule has 0 unspecified atom stereocenters. The van der Waals surface area contributed by atoms with Crippen LogP contribution in [0.15, 0.2) is 12.1 Å². The van der Waals surface area contributed by atoms with Gasteiger partial charge in [-0.15, -0.1) is 0 Å². The lowest BCUT2D eigenvalue weighted by atomic mass is 9.77. The van der Waals surface area contributed by atoms with Crippen molar-refractivity contribution in [3.63, 3.8) is 0 Å². The fourth-order valence-corrected chi connectivity index (χ4v) is 3.04. The highest BCUT2D eigenvalue weighted by Gasteiger charge is 2.36. The van der Waals surface area contributed by atoms with Gasteiger partial charge in [-0.25, -0.2) is 4.39 Å². The molecule has 0 aromatic heterocycles. The van der Waals surface area contributed by atoms with E-state index in [0.717, 1.165) is 24.0 Å². The van der Waals surface area contributed by atoms with Crippen LogP contribution in [0, 0.1) is 12.7 Å². The Balaban J connectivity index is 2.53. The summed E-state index contributed by atoms with van der Waals surface area (Å²) in [5, 5.41) is 0.509. The first-order chi connectivity index (χ1) is 7.59. The first-order valence-corrected chi connectivity index (χ1v) is 6.13. The van der Waals surface area contributed by atoms with E-state index in [1.54, 1.807) is 6.07 Å². The van der Waals surface area contributed by atoms with Crippen LogP contribution < -0.4 is 5.73 Å². The summed E-state index contributed by atoms with van der Waals surface area (Å²) in [5.41, 5.74) is 7.85. The molecule has 1 aromatic carbocycles. The molecule has 0 bridgehead atoms. The van der Waals surface area contributed by atoms with Crippen LogP contribution in [0.2, 0.25) is 5.02 Å². The van der Waals surface area contributed by atoms with Crippen molar-refractivity contribution in [1.29, 1.82) is 0 Å². The van der Waals surface area contributed by atoms with Crippen molar-refractivity contribution in [2.75, 3.05) is 6.54 Å². The number of halogens is 2. The third kappa shape index (κ3) is 1.85. The minimum Gasteiger partial charge on any atom is -0.330 e. The van der Waals surface area contributed by atoms with Gasteiger partial charge in [0.25, 0.3) is 0 Å². The van der Waals surface area contributed by atoms with E-state index in [0.29, 0.717) is 11.6 Å². The fourth-order valence-electron chi connectivity index (χ4n) is 2.83. The summed E-state index contributed by atoms with van der Waals surface area (Å²) in [6.45, 7) is 2.53. The van der Waals surface area contributed by atoms with Crippen LogP contribution in [0.5, 0.6) is 0 Å². The Morgan fingerprint density at radius 2 is 2.00 bits per heavy atom. The van der Waals surface area contributed by atoms with Crippen LogP contribution >= 0.6 is 11.6 Å². The van der Waals surface area contributed by atoms with Crippen LogP contribution in [-0.2, 0) is 5.41 Å². The zero-order valence-electron chi connectivity index (χ0n) is 9.52. The standard InChI is InChI=1S/C13H17ClFN/c1-9-11(6-10(15)7-12(9)14)13(8-16)4-2-3-5-13/h6-7H,2-5,8,16H2,1H3. The van der Waals surface area contributed by atoms with Crippen LogP contribution in [-0.4, -0.2) is 6.54 Å². The second-order valence-corrected chi connectivity index (χ2v) is 5.16. The summed E-state index contributed by atoms with van der Waals surface area (Å²) >= 11 is 6.04. The zero-order valence-corrected chi connectivity index (χ0v) is 10.3. The number of nitrogens with two attached hydrogens (primary N) is 1. The van der Waals surface area contributed by atoms with Crippen molar-refractivity contribution in [1.82, 2.24) is 0 Å². The monoisotopic (exact) mass is 241 g/mol. The van der Waals surface area contributed by atoms with E-state index in [4.69, 9.17) is 17.3 Å². The van der Waals surface area contributed by atoms with Crippen molar-refractivity contribution in [3.8, 4) is 0 Å². The van der Waals surface area contributed by atoms with Crippen LogP contribution in [0.25, 0.3) is 0 Å². The van der Waals surface area contributed by atoms with E-state index in [-0.39, 0.29) is 11.2 Å². The van der Waals surface area contributed by atoms with Gasteiger partial charge in [0.2, 0.25) is 0 Å². The SMILES string of the molecule is Cc1c(Cl)cc(F)cc1C1(CN)CCCC1. The van der Waals surface area contributed by atoms with Gasteiger partial charge in [0, 0.05) is 17.0 Å². The zero-order chi connectivity index (χ0) is 11.8. The smallest absolute Gasteiger partial charge is 0.125 e. The summed E-state index contributed by atoms with van der Waals surface area (Å²) < 4.78 is 13.4. The minimum absolute atomic E-state index is 0.0458. The van der Waals surface area contributed by atoms with Gasteiger partial charge in [-0.2, -0.15) is 0 Å². The number of hydrogen-bond acceptors (Lipinski definition) is 1. The van der Waals surface area contributed by atoms with Crippen molar-refractivity contribution in [3.05, 3.63) is 34.1 Å². The molecule has 88 valence electrons. The Morgan fingerprint density at radius 3 is 2.56 bits per heavy atom. The molecule has 0 spiro atoms. The molecule has 1 aromatic rings. The highest BCUT2D eigenvalue weighted by atomic mass is 35.5. The molecule has 0 aliphatic heterocycles. The van der Waals surface area contributed by atoms with Crippen molar-refractivity contribution in [2.45, 2.75) is 38.0 Å². The second-order valence-electron chi connectivity index (χ2n) is 4.75. The molecule has 1 aliphatic rings. The van der Waals surface area contributed by atoms with E-state index >= 15 is 0 Å². The fraction of sp³-hybridized carbons (Fsp3) is 0.538. The summed E-state index contributed by atoms with van der Waals surface area (Å²) in [4.78, 5) is 0. The Labute approximate surface area is 101 Å². The summed E-state index contributed by atoms with van der Waals surface area (Å²) in [7, 11) is 0. The Hall–Kier alpha value is -0.600. The average Bonchev–Trinajstić information content (AvgIpc) is 2.73. The third-order valence-electron chi connectivity index (χ3n) is 3.83. The van der Waals surface area contributed by atoms with Crippen LogP contribution in [0.3, 0.4) is 0 Å². The highest BCUT2D eigenvalue weighted by molar-refractivity contribution is 6.31. The predicted molar refractivity (Wildman–Crippen MR) is 65.3 cm³/mol. The van der Waals surface area contributed by atoms with Crippen molar-refractivity contribution in [2.24, 2.45) is 5.73 Å². The molecule has 0 radical (unpaired) electrons. The first-order valence-electron chi connectivity index (χ1n) is 5.75. The third-order valence-corrected chi connectivity index (χ3v) is 4.22. The Kier molecular flexibility index (Phi) is 3.22. The predicted octanol–water partition coefficient (Wildman–Crippen LogP) is 3.56. The van der Waals surface area contributed by atoms with Gasteiger partial charge in [0.15, 0.2) is 0 Å². The van der Waals surface area contributed by atoms with Gasteiger partial charge in [0.05, 0.1) is 0 Å². The number of benzene rings is 1. The van der Waals surface area contributed by atoms with Gasteiger partial charge in [0.1, 0.15) is 5.82 Å². The quantitative estimate of drug-likeness (QED) is 0.842. The van der Waals surface area contributed by atoms with Gasteiger partial charge in [-0.1, -0.05) is 24.4 Å². The topological polar surface area (TPSA) is 26.0 Å². The summed E-state index contributed by atoms with van der Waals surface area (Å²) in [6, 6.07) is 2.99. The molecular formula is C13H17ClFN.